The fourth-order valence-corrected chi connectivity index (χ4v) is 5.70. The minimum absolute atomic E-state index is 0.0366. The Morgan fingerprint density at radius 1 is 1.13 bits per heavy atom. The van der Waals surface area contributed by atoms with Gasteiger partial charge in [-0.3, -0.25) is 0 Å². The van der Waals surface area contributed by atoms with Crippen molar-refractivity contribution in [2.24, 2.45) is 5.92 Å². The molecular weight excluding hydrogens is 516 g/mol. The largest absolute Gasteiger partial charge is 0.389 e. The summed E-state index contributed by atoms with van der Waals surface area (Å²) in [6, 6.07) is 4.92. The molecule has 4 aromatic rings. The molecule has 9 heteroatoms. The van der Waals surface area contributed by atoms with Crippen LogP contribution >= 0.6 is 11.3 Å². The van der Waals surface area contributed by atoms with Gasteiger partial charge >= 0.3 is 0 Å². The van der Waals surface area contributed by atoms with Crippen LogP contribution in [0.4, 0.5) is 19.7 Å². The number of nitrogens with two attached hydrogens (primary N) is 1. The van der Waals surface area contributed by atoms with Crippen LogP contribution in [0, 0.1) is 28.9 Å². The van der Waals surface area contributed by atoms with Crippen LogP contribution in [-0.2, 0) is 18.0 Å². The fourth-order valence-electron chi connectivity index (χ4n) is 4.77. The number of nitrogens with zero attached hydrogens (tertiary/aromatic N) is 4. The van der Waals surface area contributed by atoms with Crippen molar-refractivity contribution in [3.05, 3.63) is 46.7 Å². The summed E-state index contributed by atoms with van der Waals surface area (Å²) in [6.45, 7) is 12.7. The molecule has 1 saturated heterocycles. The third-order valence-electron chi connectivity index (χ3n) is 7.09. The third-order valence-corrected chi connectivity index (χ3v) is 8.07. The molecule has 39 heavy (non-hydrogen) atoms. The smallest absolute Gasteiger partial charge is 0.225 e. The van der Waals surface area contributed by atoms with E-state index in [1.54, 1.807) is 12.3 Å². The molecule has 0 bridgehead atoms. The zero-order chi connectivity index (χ0) is 28.3. The van der Waals surface area contributed by atoms with Crippen LogP contribution in [-0.4, -0.2) is 23.1 Å². The average Bonchev–Trinajstić information content (AvgIpc) is 3.71. The predicted molar refractivity (Wildman–Crippen MR) is 156 cm³/mol. The SMILES string of the molecule is CC.CCC(C)C.N#Cc1c(N)sc2ccc(F)c(-c3c4c(c5cnc(N6CCCC6)nc5c3F)COC4)c12. The van der Waals surface area contributed by atoms with Crippen LogP contribution in [0.3, 0.4) is 0 Å². The van der Waals surface area contributed by atoms with E-state index >= 15 is 8.78 Å². The zero-order valence-electron chi connectivity index (χ0n) is 23.2. The number of nitrogen functional groups attached to an aromatic ring is 1. The van der Waals surface area contributed by atoms with Crippen molar-refractivity contribution in [3.8, 4) is 17.2 Å². The van der Waals surface area contributed by atoms with Gasteiger partial charge in [0.05, 0.1) is 18.8 Å². The minimum Gasteiger partial charge on any atom is -0.389 e. The van der Waals surface area contributed by atoms with Crippen molar-refractivity contribution in [1.29, 1.82) is 5.26 Å². The molecule has 4 heterocycles. The molecule has 206 valence electrons. The summed E-state index contributed by atoms with van der Waals surface area (Å²) in [5.74, 6) is 0.102. The Hall–Kier alpha value is -3.35. The lowest BCUT2D eigenvalue weighted by Gasteiger charge is -2.18. The molecule has 2 aliphatic heterocycles. The van der Waals surface area contributed by atoms with E-state index in [4.69, 9.17) is 10.5 Å². The Labute approximate surface area is 232 Å². The first-order chi connectivity index (χ1) is 18.8. The molecule has 6 rings (SSSR count). The Bertz CT molecular complexity index is 1540. The van der Waals surface area contributed by atoms with E-state index in [0.29, 0.717) is 27.0 Å². The third kappa shape index (κ3) is 5.28. The number of hydrogen-bond acceptors (Lipinski definition) is 7. The maximum absolute atomic E-state index is 16.2. The quantitative estimate of drug-likeness (QED) is 0.278. The number of ether oxygens (including phenoxy) is 1. The number of aromatic nitrogens is 2. The van der Waals surface area contributed by atoms with Gasteiger partial charge in [0.15, 0.2) is 5.82 Å². The van der Waals surface area contributed by atoms with Crippen molar-refractivity contribution in [2.75, 3.05) is 23.7 Å². The van der Waals surface area contributed by atoms with Crippen LogP contribution in [0.1, 0.15) is 70.6 Å². The molecule has 2 aromatic carbocycles. The lowest BCUT2D eigenvalue weighted by molar-refractivity contribution is 0.135. The van der Waals surface area contributed by atoms with Crippen molar-refractivity contribution in [2.45, 2.75) is 67.1 Å². The minimum atomic E-state index is -0.632. The summed E-state index contributed by atoms with van der Waals surface area (Å²) in [7, 11) is 0. The molecule has 0 unspecified atom stereocenters. The van der Waals surface area contributed by atoms with Gasteiger partial charge in [0.2, 0.25) is 5.95 Å². The van der Waals surface area contributed by atoms with Gasteiger partial charge in [-0.1, -0.05) is 41.0 Å². The van der Waals surface area contributed by atoms with E-state index in [9.17, 15) is 5.26 Å². The lowest BCUT2D eigenvalue weighted by atomic mass is 9.90. The zero-order valence-corrected chi connectivity index (χ0v) is 24.0. The highest BCUT2D eigenvalue weighted by molar-refractivity contribution is 7.23. The summed E-state index contributed by atoms with van der Waals surface area (Å²) in [5, 5.41) is 10.8. The number of benzene rings is 2. The van der Waals surface area contributed by atoms with Crippen LogP contribution < -0.4 is 10.6 Å². The van der Waals surface area contributed by atoms with Gasteiger partial charge in [-0.05, 0) is 42.0 Å². The molecule has 0 amide bonds. The lowest BCUT2D eigenvalue weighted by Crippen LogP contribution is -2.20. The fraction of sp³-hybridized carbons (Fsp3) is 0.433. The van der Waals surface area contributed by atoms with Gasteiger partial charge in [-0.25, -0.2) is 18.7 Å². The van der Waals surface area contributed by atoms with Gasteiger partial charge in [0, 0.05) is 45.9 Å². The summed E-state index contributed by atoms with van der Waals surface area (Å²) < 4.78 is 37.8. The summed E-state index contributed by atoms with van der Waals surface area (Å²) in [5.41, 5.74) is 7.76. The topological polar surface area (TPSA) is 88.1 Å². The molecular formula is C30H35F2N5OS. The normalized spacial score (nSPS) is 14.2. The molecule has 0 atom stereocenters. The molecule has 1 fully saturated rings. The monoisotopic (exact) mass is 551 g/mol. The predicted octanol–water partition coefficient (Wildman–Crippen LogP) is 7.95. The highest BCUT2D eigenvalue weighted by atomic mass is 32.1. The molecule has 2 aromatic heterocycles. The maximum Gasteiger partial charge on any atom is 0.225 e. The molecule has 2 N–H and O–H groups in total. The van der Waals surface area contributed by atoms with E-state index < -0.39 is 11.6 Å². The second-order valence-electron chi connectivity index (χ2n) is 9.82. The Morgan fingerprint density at radius 3 is 2.44 bits per heavy atom. The van der Waals surface area contributed by atoms with E-state index in [-0.39, 0.29) is 40.4 Å². The maximum atomic E-state index is 16.2. The molecule has 2 aliphatic rings. The number of fused-ring (bicyclic) bond motifs is 4. The summed E-state index contributed by atoms with van der Waals surface area (Å²) in [6.07, 6.45) is 5.02. The van der Waals surface area contributed by atoms with Crippen LogP contribution in [0.5, 0.6) is 0 Å². The Kier molecular flexibility index (Phi) is 8.98. The van der Waals surface area contributed by atoms with Crippen molar-refractivity contribution < 1.29 is 13.5 Å². The van der Waals surface area contributed by atoms with E-state index in [1.165, 1.54) is 23.8 Å². The number of halogens is 2. The van der Waals surface area contributed by atoms with E-state index in [1.807, 2.05) is 18.7 Å². The van der Waals surface area contributed by atoms with Crippen LogP contribution in [0.25, 0.3) is 32.1 Å². The first kappa shape index (κ1) is 28.7. The molecule has 0 saturated carbocycles. The molecule has 0 spiro atoms. The number of thiophene rings is 1. The summed E-state index contributed by atoms with van der Waals surface area (Å²) >= 11 is 1.19. The standard InChI is InChI=1S/C23H17F2N5OS.C5H12.C2H6/c24-15-3-4-16-17(11(7-26)22(27)32-16)19(15)18-14-10-31-9-13(14)12-8-28-23(29-21(12)20(18)25)30-5-1-2-6-30;1-4-5(2)3;1-2/h3-4,8H,1-2,5-6,9-10,27H2;5H,4H2,1-3H3;1-2H3. The van der Waals surface area contributed by atoms with Gasteiger partial charge in [-0.15, -0.1) is 11.3 Å². The highest BCUT2D eigenvalue weighted by Crippen LogP contribution is 2.46. The number of hydrogen-bond donors (Lipinski definition) is 1. The highest BCUT2D eigenvalue weighted by Gasteiger charge is 2.30. The number of anilines is 2. The first-order valence-electron chi connectivity index (χ1n) is 13.6. The van der Waals surface area contributed by atoms with Gasteiger partial charge in [0.1, 0.15) is 22.4 Å². The number of nitriles is 1. The Morgan fingerprint density at radius 2 is 1.79 bits per heavy atom. The first-order valence-corrected chi connectivity index (χ1v) is 14.4. The summed E-state index contributed by atoms with van der Waals surface area (Å²) in [4.78, 5) is 11.0. The Balaban J connectivity index is 0.000000456. The number of rotatable bonds is 3. The molecule has 0 radical (unpaired) electrons. The van der Waals surface area contributed by atoms with Crippen molar-refractivity contribution >= 4 is 43.3 Å². The van der Waals surface area contributed by atoms with Gasteiger partial charge in [-0.2, -0.15) is 5.26 Å². The van der Waals surface area contributed by atoms with E-state index in [0.717, 1.165) is 37.4 Å². The van der Waals surface area contributed by atoms with Crippen LogP contribution in [0.2, 0.25) is 0 Å². The van der Waals surface area contributed by atoms with Crippen LogP contribution in [0.15, 0.2) is 18.3 Å². The van der Waals surface area contributed by atoms with Gasteiger partial charge < -0.3 is 15.4 Å². The average molecular weight is 552 g/mol. The molecule has 6 nitrogen and oxygen atoms in total. The van der Waals surface area contributed by atoms with E-state index in [2.05, 4.69) is 36.8 Å². The molecule has 0 aliphatic carbocycles. The second kappa shape index (κ2) is 12.2. The van der Waals surface area contributed by atoms with Crippen molar-refractivity contribution in [1.82, 2.24) is 9.97 Å². The van der Waals surface area contributed by atoms with Gasteiger partial charge in [0.25, 0.3) is 0 Å². The second-order valence-corrected chi connectivity index (χ2v) is 10.9. The van der Waals surface area contributed by atoms with Crippen molar-refractivity contribution in [3.63, 3.8) is 0 Å².